The Balaban J connectivity index is 0.00000420. The first-order valence-electron chi connectivity index (χ1n) is 10.8. The van der Waals surface area contributed by atoms with E-state index in [1.165, 1.54) is 12.1 Å². The molecule has 0 bridgehead atoms. The Morgan fingerprint density at radius 3 is 2.38 bits per heavy atom. The summed E-state index contributed by atoms with van der Waals surface area (Å²) < 4.78 is 11.1. The molecule has 0 radical (unpaired) electrons. The lowest BCUT2D eigenvalue weighted by Crippen LogP contribution is -2.48. The molecule has 0 saturated carbocycles. The van der Waals surface area contributed by atoms with Gasteiger partial charge in [-0.1, -0.05) is 31.5 Å². The molecule has 0 aliphatic carbocycles. The summed E-state index contributed by atoms with van der Waals surface area (Å²) in [7, 11) is 0. The van der Waals surface area contributed by atoms with Crippen LogP contribution in [0.15, 0.2) is 35.3 Å². The Labute approximate surface area is 193 Å². The molecule has 1 aliphatic rings. The van der Waals surface area contributed by atoms with Gasteiger partial charge in [0.05, 0.1) is 26.4 Å². The summed E-state index contributed by atoms with van der Waals surface area (Å²) in [5.41, 5.74) is 1.32. The molecule has 0 spiro atoms. The maximum atomic E-state index is 5.60. The van der Waals surface area contributed by atoms with Gasteiger partial charge in [0.2, 0.25) is 0 Å². The lowest BCUT2D eigenvalue weighted by Gasteiger charge is -2.34. The van der Waals surface area contributed by atoms with Gasteiger partial charge in [-0.3, -0.25) is 4.99 Å². The Morgan fingerprint density at radius 1 is 1.03 bits per heavy atom. The van der Waals surface area contributed by atoms with E-state index >= 15 is 0 Å². The first kappa shape index (κ1) is 26.0. The number of nitrogens with one attached hydrogen (secondary N) is 2. The van der Waals surface area contributed by atoms with Crippen molar-refractivity contribution >= 4 is 35.6 Å². The zero-order chi connectivity index (χ0) is 19.9. The molecule has 1 saturated heterocycles. The molecule has 2 rings (SSSR count). The largest absolute Gasteiger partial charge is 0.379 e. The molecule has 0 atom stereocenters. The number of unbranched alkanes of at least 4 members (excludes halogenated alkanes) is 1. The third-order valence-corrected chi connectivity index (χ3v) is 4.82. The molecule has 0 aromatic heterocycles. The number of piperidine rings is 1. The van der Waals surface area contributed by atoms with Crippen molar-refractivity contribution in [1.29, 1.82) is 0 Å². The summed E-state index contributed by atoms with van der Waals surface area (Å²) in [4.78, 5) is 7.10. The van der Waals surface area contributed by atoms with Crippen LogP contribution < -0.4 is 15.5 Å². The molecule has 6 nitrogen and oxygen atoms in total. The van der Waals surface area contributed by atoms with Gasteiger partial charge in [0.15, 0.2) is 5.96 Å². The third-order valence-electron chi connectivity index (χ3n) is 4.82. The Bertz CT molecular complexity index is 537. The molecule has 0 amide bonds. The standard InChI is InChI=1S/C22H38N4O2.HI/c1-3-5-16-27-18-19-28-17-13-24-22(23-4-2)25-20-11-14-26(15-12-20)21-9-7-6-8-10-21;/h6-10,20H,3-5,11-19H2,1-2H3,(H2,23,24,25);1H. The molecular formula is C22H39IN4O2. The Hall–Kier alpha value is -1.06. The van der Waals surface area contributed by atoms with Gasteiger partial charge in [0, 0.05) is 38.0 Å². The number of hydrogen-bond acceptors (Lipinski definition) is 4. The van der Waals surface area contributed by atoms with Crippen LogP contribution in [0, 0.1) is 0 Å². The van der Waals surface area contributed by atoms with Gasteiger partial charge >= 0.3 is 0 Å². The van der Waals surface area contributed by atoms with E-state index in [1.807, 2.05) is 0 Å². The molecule has 7 heteroatoms. The highest BCUT2D eigenvalue weighted by Crippen LogP contribution is 2.19. The van der Waals surface area contributed by atoms with Crippen molar-refractivity contribution in [2.45, 2.75) is 45.6 Å². The third kappa shape index (κ3) is 11.1. The van der Waals surface area contributed by atoms with Crippen LogP contribution in [-0.2, 0) is 9.47 Å². The number of guanidine groups is 1. The number of benzene rings is 1. The normalized spacial score (nSPS) is 15.1. The van der Waals surface area contributed by atoms with Crippen molar-refractivity contribution in [2.75, 3.05) is 57.5 Å². The predicted molar refractivity (Wildman–Crippen MR) is 133 cm³/mol. The average molecular weight is 518 g/mol. The Morgan fingerprint density at radius 2 is 1.72 bits per heavy atom. The summed E-state index contributed by atoms with van der Waals surface area (Å²) in [5, 5.41) is 6.93. The SMILES string of the molecule is CCCCOCCOCCN=C(NCC)NC1CCN(c2ccccc2)CC1.I. The summed E-state index contributed by atoms with van der Waals surface area (Å²) in [6.07, 6.45) is 4.52. The van der Waals surface area contributed by atoms with Gasteiger partial charge in [0.25, 0.3) is 0 Å². The molecule has 29 heavy (non-hydrogen) atoms. The van der Waals surface area contributed by atoms with E-state index < -0.39 is 0 Å². The summed E-state index contributed by atoms with van der Waals surface area (Å²) >= 11 is 0. The van der Waals surface area contributed by atoms with E-state index in [0.717, 1.165) is 51.5 Å². The van der Waals surface area contributed by atoms with Crippen molar-refractivity contribution in [3.8, 4) is 0 Å². The summed E-state index contributed by atoms with van der Waals surface area (Å²) in [6, 6.07) is 11.1. The smallest absolute Gasteiger partial charge is 0.191 e. The number of aliphatic imine (C=N–C) groups is 1. The van der Waals surface area contributed by atoms with E-state index in [2.05, 4.69) is 64.7 Å². The maximum Gasteiger partial charge on any atom is 0.191 e. The highest BCUT2D eigenvalue weighted by molar-refractivity contribution is 14.0. The quantitative estimate of drug-likeness (QED) is 0.192. The zero-order valence-electron chi connectivity index (χ0n) is 18.1. The van der Waals surface area contributed by atoms with Crippen molar-refractivity contribution < 1.29 is 9.47 Å². The van der Waals surface area contributed by atoms with Gasteiger partial charge in [0.1, 0.15) is 0 Å². The molecule has 2 N–H and O–H groups in total. The lowest BCUT2D eigenvalue weighted by molar-refractivity contribution is 0.0497. The van der Waals surface area contributed by atoms with Crippen molar-refractivity contribution in [3.05, 3.63) is 30.3 Å². The fourth-order valence-corrected chi connectivity index (χ4v) is 3.22. The average Bonchev–Trinajstić information content (AvgIpc) is 2.74. The van der Waals surface area contributed by atoms with Gasteiger partial charge < -0.3 is 25.0 Å². The van der Waals surface area contributed by atoms with Crippen LogP contribution in [0.1, 0.15) is 39.5 Å². The molecule has 1 aliphatic heterocycles. The summed E-state index contributed by atoms with van der Waals surface area (Å²) in [6.45, 7) is 10.7. The predicted octanol–water partition coefficient (Wildman–Crippen LogP) is 3.66. The number of halogens is 1. The molecule has 1 aromatic carbocycles. The van der Waals surface area contributed by atoms with Crippen LogP contribution in [0.4, 0.5) is 5.69 Å². The van der Waals surface area contributed by atoms with E-state index in [9.17, 15) is 0 Å². The van der Waals surface area contributed by atoms with Crippen LogP contribution in [-0.4, -0.2) is 64.6 Å². The fraction of sp³-hybridized carbons (Fsp3) is 0.682. The van der Waals surface area contributed by atoms with Crippen LogP contribution in [0.5, 0.6) is 0 Å². The van der Waals surface area contributed by atoms with Crippen LogP contribution in [0.2, 0.25) is 0 Å². The highest BCUT2D eigenvalue weighted by atomic mass is 127. The highest BCUT2D eigenvalue weighted by Gasteiger charge is 2.20. The fourth-order valence-electron chi connectivity index (χ4n) is 3.22. The summed E-state index contributed by atoms with van der Waals surface area (Å²) in [5.74, 6) is 0.892. The monoisotopic (exact) mass is 518 g/mol. The van der Waals surface area contributed by atoms with Crippen LogP contribution >= 0.6 is 24.0 Å². The Kier molecular flexibility index (Phi) is 15.0. The first-order valence-corrected chi connectivity index (χ1v) is 10.8. The van der Waals surface area contributed by atoms with Crippen molar-refractivity contribution in [1.82, 2.24) is 10.6 Å². The number of nitrogens with zero attached hydrogens (tertiary/aromatic N) is 2. The molecule has 1 heterocycles. The van der Waals surface area contributed by atoms with Gasteiger partial charge in [-0.15, -0.1) is 24.0 Å². The number of hydrogen-bond donors (Lipinski definition) is 2. The number of para-hydroxylation sites is 1. The second-order valence-corrected chi connectivity index (χ2v) is 7.08. The van der Waals surface area contributed by atoms with Gasteiger partial charge in [-0.05, 0) is 38.3 Å². The second-order valence-electron chi connectivity index (χ2n) is 7.08. The van der Waals surface area contributed by atoms with Gasteiger partial charge in [-0.2, -0.15) is 0 Å². The number of rotatable bonds is 12. The van der Waals surface area contributed by atoms with Crippen molar-refractivity contribution in [3.63, 3.8) is 0 Å². The van der Waals surface area contributed by atoms with Crippen molar-refractivity contribution in [2.24, 2.45) is 4.99 Å². The second kappa shape index (κ2) is 16.7. The minimum atomic E-state index is 0. The van der Waals surface area contributed by atoms with Gasteiger partial charge in [-0.25, -0.2) is 0 Å². The minimum Gasteiger partial charge on any atom is -0.379 e. The van der Waals surface area contributed by atoms with Crippen LogP contribution in [0.25, 0.3) is 0 Å². The number of anilines is 1. The first-order chi connectivity index (χ1) is 13.8. The van der Waals surface area contributed by atoms with E-state index in [1.54, 1.807) is 0 Å². The lowest BCUT2D eigenvalue weighted by atomic mass is 10.0. The van der Waals surface area contributed by atoms with E-state index in [4.69, 9.17) is 9.47 Å². The zero-order valence-corrected chi connectivity index (χ0v) is 20.4. The van der Waals surface area contributed by atoms with E-state index in [-0.39, 0.29) is 24.0 Å². The van der Waals surface area contributed by atoms with Crippen LogP contribution in [0.3, 0.4) is 0 Å². The molecule has 1 aromatic rings. The molecule has 166 valence electrons. The minimum absolute atomic E-state index is 0. The maximum absolute atomic E-state index is 5.60. The molecule has 0 unspecified atom stereocenters. The van der Waals surface area contributed by atoms with E-state index in [0.29, 0.717) is 32.4 Å². The molecule has 1 fully saturated rings. The topological polar surface area (TPSA) is 58.1 Å². The molecular weight excluding hydrogens is 479 g/mol. The number of ether oxygens (including phenoxy) is 2.